The van der Waals surface area contributed by atoms with E-state index in [4.69, 9.17) is 0 Å². The molecule has 0 aliphatic heterocycles. The molecule has 0 radical (unpaired) electrons. The van der Waals surface area contributed by atoms with E-state index in [9.17, 15) is 0 Å². The summed E-state index contributed by atoms with van der Waals surface area (Å²) in [6.07, 6.45) is 1.99. The molecule has 24 valence electrons. The fourth-order valence-electron chi connectivity index (χ4n) is 0. The molecule has 4 heavy (non-hydrogen) atoms. The normalized spacial score (nSPS) is 6.50. The maximum Gasteiger partial charge on any atom is 0.130 e. The Hall–Kier alpha value is 0.220. The van der Waals surface area contributed by atoms with Crippen LogP contribution in [0.15, 0.2) is 0 Å². The van der Waals surface area contributed by atoms with Crippen LogP contribution in [0.4, 0.5) is 0 Å². The van der Waals surface area contributed by atoms with Crippen molar-refractivity contribution in [3.8, 4) is 0 Å². The maximum absolute atomic E-state index is 3.86. The van der Waals surface area contributed by atoms with Gasteiger partial charge in [-0.15, -0.1) is 12.6 Å². The second kappa shape index (κ2) is 3.22. The van der Waals surface area contributed by atoms with Crippen LogP contribution in [-0.4, -0.2) is 5.75 Å². The minimum absolute atomic E-state index is 0.889. The molecule has 1 heteroatoms. The van der Waals surface area contributed by atoms with Crippen molar-refractivity contribution in [2.24, 2.45) is 0 Å². The van der Waals surface area contributed by atoms with Crippen LogP contribution in [0.1, 0.15) is 6.92 Å². The standard InChI is InChI=1S/C3H6S/c1-2-3-4/h2H,3H2,1H3/p+1. The SMILES string of the molecule is C[CH+]CS. The van der Waals surface area contributed by atoms with Crippen molar-refractivity contribution < 1.29 is 0 Å². The highest BCUT2D eigenvalue weighted by molar-refractivity contribution is 7.80. The average molecular weight is 75.2 g/mol. The minimum Gasteiger partial charge on any atom is -0.131 e. The Labute approximate surface area is 32.6 Å². The van der Waals surface area contributed by atoms with Gasteiger partial charge in [-0.3, -0.25) is 0 Å². The molecule has 0 unspecified atom stereocenters. The van der Waals surface area contributed by atoms with E-state index in [0.717, 1.165) is 5.75 Å². The molecule has 0 aromatic heterocycles. The fraction of sp³-hybridized carbons (Fsp3) is 0.667. The fourth-order valence-corrected chi connectivity index (χ4v) is 0. The number of hydrogen-bond acceptors (Lipinski definition) is 1. The monoisotopic (exact) mass is 75.0 g/mol. The predicted molar refractivity (Wildman–Crippen MR) is 23.8 cm³/mol. The van der Waals surface area contributed by atoms with Gasteiger partial charge in [0.15, 0.2) is 0 Å². The first kappa shape index (κ1) is 4.22. The zero-order valence-electron chi connectivity index (χ0n) is 2.73. The lowest BCUT2D eigenvalue weighted by Gasteiger charge is -1.55. The molecule has 0 nitrogen and oxygen atoms in total. The molecule has 0 amide bonds. The van der Waals surface area contributed by atoms with Crippen LogP contribution >= 0.6 is 12.6 Å². The van der Waals surface area contributed by atoms with Gasteiger partial charge in [0.25, 0.3) is 0 Å². The molecule has 0 N–H and O–H groups in total. The first-order valence-electron chi connectivity index (χ1n) is 1.30. The van der Waals surface area contributed by atoms with Gasteiger partial charge in [-0.05, 0) is 0 Å². The Morgan fingerprint density at radius 3 is 2.25 bits per heavy atom. The zero-order valence-corrected chi connectivity index (χ0v) is 3.63. The summed E-state index contributed by atoms with van der Waals surface area (Å²) in [6.45, 7) is 1.98. The smallest absolute Gasteiger partial charge is 0.130 e. The van der Waals surface area contributed by atoms with Gasteiger partial charge in [0.2, 0.25) is 0 Å². The molecule has 0 fully saturated rings. The molecular formula is C3H7S+. The molecule has 0 aromatic rings. The molecule has 0 rings (SSSR count). The summed E-state index contributed by atoms with van der Waals surface area (Å²) in [5.74, 6) is 0.889. The van der Waals surface area contributed by atoms with E-state index in [1.54, 1.807) is 0 Å². The van der Waals surface area contributed by atoms with Crippen molar-refractivity contribution in [1.82, 2.24) is 0 Å². The first-order chi connectivity index (χ1) is 1.91. The quantitative estimate of drug-likeness (QED) is 0.350. The largest absolute Gasteiger partial charge is 0.131 e. The van der Waals surface area contributed by atoms with Crippen molar-refractivity contribution >= 4 is 12.6 Å². The molecule has 0 aliphatic carbocycles. The van der Waals surface area contributed by atoms with E-state index in [1.165, 1.54) is 0 Å². The van der Waals surface area contributed by atoms with E-state index in [0.29, 0.717) is 0 Å². The summed E-state index contributed by atoms with van der Waals surface area (Å²) in [5, 5.41) is 0. The third-order valence-corrected chi connectivity index (χ3v) is 0.548. The average Bonchev–Trinajstić information content (AvgIpc) is 1.37. The Kier molecular flexibility index (Phi) is 3.40. The van der Waals surface area contributed by atoms with Crippen LogP contribution in [0, 0.1) is 6.42 Å². The molecular weight excluding hydrogens is 68.1 g/mol. The van der Waals surface area contributed by atoms with Crippen molar-refractivity contribution in [2.45, 2.75) is 6.92 Å². The van der Waals surface area contributed by atoms with Gasteiger partial charge in [-0.1, -0.05) is 0 Å². The highest BCUT2D eigenvalue weighted by Gasteiger charge is 1.69. The van der Waals surface area contributed by atoms with Crippen molar-refractivity contribution in [3.05, 3.63) is 6.42 Å². The van der Waals surface area contributed by atoms with E-state index in [2.05, 4.69) is 12.6 Å². The molecule has 0 bridgehead atoms. The number of thiol groups is 1. The second-order valence-corrected chi connectivity index (χ2v) is 0.956. The summed E-state index contributed by atoms with van der Waals surface area (Å²) in [5.41, 5.74) is 0. The Bertz CT molecular complexity index is 5.25. The van der Waals surface area contributed by atoms with Crippen LogP contribution in [0.2, 0.25) is 0 Å². The third kappa shape index (κ3) is 2.22. The van der Waals surface area contributed by atoms with Gasteiger partial charge < -0.3 is 0 Å². The van der Waals surface area contributed by atoms with Crippen molar-refractivity contribution in [3.63, 3.8) is 0 Å². The summed E-state index contributed by atoms with van der Waals surface area (Å²) in [4.78, 5) is 0. The highest BCUT2D eigenvalue weighted by Crippen LogP contribution is 1.72. The Balaban J connectivity index is 1.97. The molecule has 0 aliphatic rings. The summed E-state index contributed by atoms with van der Waals surface area (Å²) in [7, 11) is 0. The van der Waals surface area contributed by atoms with E-state index >= 15 is 0 Å². The molecule has 0 aromatic carbocycles. The van der Waals surface area contributed by atoms with Gasteiger partial charge in [-0.25, -0.2) is 0 Å². The lowest BCUT2D eigenvalue weighted by Crippen LogP contribution is -1.58. The third-order valence-electron chi connectivity index (χ3n) is 0.183. The van der Waals surface area contributed by atoms with Crippen LogP contribution in [0.3, 0.4) is 0 Å². The van der Waals surface area contributed by atoms with Crippen molar-refractivity contribution in [2.75, 3.05) is 5.75 Å². The summed E-state index contributed by atoms with van der Waals surface area (Å²) in [6, 6.07) is 0. The van der Waals surface area contributed by atoms with Gasteiger partial charge >= 0.3 is 0 Å². The second-order valence-electron chi connectivity index (χ2n) is 0.591. The zero-order chi connectivity index (χ0) is 3.41. The molecule has 0 saturated carbocycles. The lowest BCUT2D eigenvalue weighted by molar-refractivity contribution is 1.44. The molecule has 0 atom stereocenters. The highest BCUT2D eigenvalue weighted by atomic mass is 32.1. The lowest BCUT2D eigenvalue weighted by atomic mass is 10.6. The molecule has 0 heterocycles. The summed E-state index contributed by atoms with van der Waals surface area (Å²) < 4.78 is 0. The number of hydrogen-bond donors (Lipinski definition) is 1. The van der Waals surface area contributed by atoms with Gasteiger partial charge in [0.05, 0.1) is 13.3 Å². The summed E-state index contributed by atoms with van der Waals surface area (Å²) >= 11 is 3.86. The maximum atomic E-state index is 3.86. The van der Waals surface area contributed by atoms with Crippen LogP contribution < -0.4 is 0 Å². The van der Waals surface area contributed by atoms with Crippen LogP contribution in [0.25, 0.3) is 0 Å². The topological polar surface area (TPSA) is 0 Å². The van der Waals surface area contributed by atoms with Crippen LogP contribution in [-0.2, 0) is 0 Å². The van der Waals surface area contributed by atoms with Crippen LogP contribution in [0.5, 0.6) is 0 Å². The predicted octanol–water partition coefficient (Wildman–Crippen LogP) is 1.14. The van der Waals surface area contributed by atoms with E-state index in [-0.39, 0.29) is 0 Å². The Morgan fingerprint density at radius 1 is 2.00 bits per heavy atom. The first-order valence-corrected chi connectivity index (χ1v) is 1.93. The van der Waals surface area contributed by atoms with Gasteiger partial charge in [0.1, 0.15) is 5.75 Å². The Morgan fingerprint density at radius 2 is 2.25 bits per heavy atom. The number of rotatable bonds is 1. The van der Waals surface area contributed by atoms with Crippen molar-refractivity contribution in [1.29, 1.82) is 0 Å². The minimum atomic E-state index is 0.889. The van der Waals surface area contributed by atoms with Gasteiger partial charge in [-0.2, -0.15) is 0 Å². The molecule has 0 spiro atoms. The van der Waals surface area contributed by atoms with E-state index in [1.807, 2.05) is 13.3 Å². The van der Waals surface area contributed by atoms with E-state index < -0.39 is 0 Å². The van der Waals surface area contributed by atoms with Gasteiger partial charge in [0, 0.05) is 0 Å². The molecule has 0 saturated heterocycles.